The van der Waals surface area contributed by atoms with E-state index in [0.29, 0.717) is 5.95 Å². The van der Waals surface area contributed by atoms with Crippen LogP contribution in [0.5, 0.6) is 0 Å². The second-order valence-corrected chi connectivity index (χ2v) is 4.64. The lowest BCUT2D eigenvalue weighted by atomic mass is 9.94. The summed E-state index contributed by atoms with van der Waals surface area (Å²) in [5.74, 6) is 0.341. The van der Waals surface area contributed by atoms with Crippen LogP contribution in [0.2, 0.25) is 0 Å². The van der Waals surface area contributed by atoms with E-state index >= 15 is 0 Å². The minimum absolute atomic E-state index is 0.341. The monoisotopic (exact) mass is 228 g/mol. The number of pyridine rings is 1. The molecular weight excluding hydrogens is 212 g/mol. The van der Waals surface area contributed by atoms with Crippen molar-refractivity contribution < 1.29 is 0 Å². The molecule has 2 aromatic heterocycles. The molecule has 3 rings (SSSR count). The maximum atomic E-state index is 5.68. The van der Waals surface area contributed by atoms with Crippen molar-refractivity contribution in [3.05, 3.63) is 29.5 Å². The fourth-order valence-electron chi connectivity index (χ4n) is 2.45. The van der Waals surface area contributed by atoms with Crippen LogP contribution in [0.25, 0.3) is 11.2 Å². The van der Waals surface area contributed by atoms with Gasteiger partial charge in [-0.3, -0.25) is 0 Å². The molecule has 0 amide bonds. The molecule has 0 unspecified atom stereocenters. The molecule has 1 aliphatic rings. The third kappa shape index (κ3) is 1.79. The molecule has 0 fully saturated rings. The molecule has 2 aromatic rings. The summed E-state index contributed by atoms with van der Waals surface area (Å²) in [6.07, 6.45) is 9.13. The van der Waals surface area contributed by atoms with Gasteiger partial charge in [0.1, 0.15) is 0 Å². The van der Waals surface area contributed by atoms with Gasteiger partial charge in [-0.15, -0.1) is 5.10 Å². The van der Waals surface area contributed by atoms with Crippen molar-refractivity contribution in [2.24, 2.45) is 0 Å². The molecule has 4 heteroatoms. The Kier molecular flexibility index (Phi) is 2.35. The van der Waals surface area contributed by atoms with E-state index in [9.17, 15) is 0 Å². The van der Waals surface area contributed by atoms with E-state index in [1.165, 1.54) is 36.0 Å². The number of rotatable bonds is 1. The molecule has 0 atom stereocenters. The van der Waals surface area contributed by atoms with Gasteiger partial charge in [0, 0.05) is 11.8 Å². The van der Waals surface area contributed by atoms with Crippen LogP contribution in [0.1, 0.15) is 36.8 Å². The summed E-state index contributed by atoms with van der Waals surface area (Å²) in [5, 5.41) is 4.19. The molecule has 88 valence electrons. The number of allylic oxidation sites excluding steroid dienone is 2. The molecule has 17 heavy (non-hydrogen) atoms. The smallest absolute Gasteiger partial charge is 0.240 e. The maximum Gasteiger partial charge on any atom is 0.240 e. The van der Waals surface area contributed by atoms with Crippen LogP contribution in [0.4, 0.5) is 5.95 Å². The number of hydrogen-bond donors (Lipinski definition) is 1. The molecule has 0 bridgehead atoms. The standard InChI is InChI=1S/C13H16N4/c1-9-7-11(10-5-3-2-4-6-10)12-15-13(14)16-17(12)8-9/h5,7-8H,2-4,6H2,1H3,(H2,14,16). The van der Waals surface area contributed by atoms with Crippen LogP contribution >= 0.6 is 0 Å². The summed E-state index contributed by atoms with van der Waals surface area (Å²) in [6, 6.07) is 2.18. The second-order valence-electron chi connectivity index (χ2n) is 4.64. The van der Waals surface area contributed by atoms with Crippen molar-refractivity contribution in [2.75, 3.05) is 5.73 Å². The molecule has 0 aliphatic heterocycles. The zero-order valence-electron chi connectivity index (χ0n) is 9.98. The topological polar surface area (TPSA) is 56.2 Å². The molecule has 0 saturated heterocycles. The molecule has 2 N–H and O–H groups in total. The lowest BCUT2D eigenvalue weighted by molar-refractivity contribution is 0.741. The van der Waals surface area contributed by atoms with E-state index in [4.69, 9.17) is 5.73 Å². The molecule has 1 aliphatic carbocycles. The second kappa shape index (κ2) is 3.87. The van der Waals surface area contributed by atoms with Crippen LogP contribution in [-0.4, -0.2) is 14.6 Å². The van der Waals surface area contributed by atoms with Crippen LogP contribution in [0.15, 0.2) is 18.3 Å². The van der Waals surface area contributed by atoms with E-state index in [2.05, 4.69) is 29.1 Å². The Morgan fingerprint density at radius 1 is 1.35 bits per heavy atom. The van der Waals surface area contributed by atoms with Gasteiger partial charge in [0.15, 0.2) is 5.65 Å². The summed E-state index contributed by atoms with van der Waals surface area (Å²) in [7, 11) is 0. The highest BCUT2D eigenvalue weighted by atomic mass is 15.3. The fraction of sp³-hybridized carbons (Fsp3) is 0.385. The number of anilines is 1. The van der Waals surface area contributed by atoms with Gasteiger partial charge in [0.2, 0.25) is 5.95 Å². The Morgan fingerprint density at radius 2 is 2.24 bits per heavy atom. The van der Waals surface area contributed by atoms with Gasteiger partial charge in [-0.2, -0.15) is 4.98 Å². The largest absolute Gasteiger partial charge is 0.366 e. The van der Waals surface area contributed by atoms with E-state index in [0.717, 1.165) is 12.1 Å². The van der Waals surface area contributed by atoms with Crippen LogP contribution in [0.3, 0.4) is 0 Å². The summed E-state index contributed by atoms with van der Waals surface area (Å²) < 4.78 is 1.79. The third-order valence-electron chi connectivity index (χ3n) is 3.22. The lowest BCUT2D eigenvalue weighted by Gasteiger charge is -2.13. The van der Waals surface area contributed by atoms with Gasteiger partial charge in [0.25, 0.3) is 0 Å². The zero-order chi connectivity index (χ0) is 11.8. The maximum absolute atomic E-state index is 5.68. The number of aryl methyl sites for hydroxylation is 1. The van der Waals surface area contributed by atoms with E-state index < -0.39 is 0 Å². The van der Waals surface area contributed by atoms with Gasteiger partial charge in [-0.25, -0.2) is 4.52 Å². The molecule has 0 saturated carbocycles. The predicted octanol–water partition coefficient (Wildman–Crippen LogP) is 2.58. The normalized spacial score (nSPS) is 16.2. The minimum atomic E-state index is 0.341. The molecule has 0 radical (unpaired) electrons. The summed E-state index contributed by atoms with van der Waals surface area (Å²) >= 11 is 0. The molecular formula is C13H16N4. The van der Waals surface area contributed by atoms with Gasteiger partial charge in [-0.05, 0) is 49.8 Å². The van der Waals surface area contributed by atoms with E-state index in [1.807, 2.05) is 6.20 Å². The first-order valence-corrected chi connectivity index (χ1v) is 6.06. The number of aromatic nitrogens is 3. The summed E-state index contributed by atoms with van der Waals surface area (Å²) in [6.45, 7) is 2.07. The first-order chi connectivity index (χ1) is 8.24. The highest BCUT2D eigenvalue weighted by molar-refractivity contribution is 5.77. The van der Waals surface area contributed by atoms with Gasteiger partial charge < -0.3 is 5.73 Å². The number of fused-ring (bicyclic) bond motifs is 1. The zero-order valence-corrected chi connectivity index (χ0v) is 9.98. The van der Waals surface area contributed by atoms with Crippen LogP contribution in [-0.2, 0) is 0 Å². The average molecular weight is 228 g/mol. The number of nitrogens with two attached hydrogens (primary N) is 1. The molecule has 4 nitrogen and oxygen atoms in total. The van der Waals surface area contributed by atoms with Crippen LogP contribution in [0, 0.1) is 6.92 Å². The predicted molar refractivity (Wildman–Crippen MR) is 68.6 cm³/mol. The van der Waals surface area contributed by atoms with Crippen molar-refractivity contribution in [3.8, 4) is 0 Å². The van der Waals surface area contributed by atoms with Crippen molar-refractivity contribution >= 4 is 17.2 Å². The Morgan fingerprint density at radius 3 is 3.00 bits per heavy atom. The van der Waals surface area contributed by atoms with Crippen LogP contribution < -0.4 is 5.73 Å². The number of nitrogens with zero attached hydrogens (tertiary/aromatic N) is 3. The quantitative estimate of drug-likeness (QED) is 0.816. The van der Waals surface area contributed by atoms with Gasteiger partial charge in [-0.1, -0.05) is 6.08 Å². The number of hydrogen-bond acceptors (Lipinski definition) is 3. The molecule has 0 aromatic carbocycles. The Labute approximate surface area is 100 Å². The first-order valence-electron chi connectivity index (χ1n) is 6.06. The third-order valence-corrected chi connectivity index (χ3v) is 3.22. The number of nitrogen functional groups attached to an aromatic ring is 1. The van der Waals surface area contributed by atoms with Crippen molar-refractivity contribution in [3.63, 3.8) is 0 Å². The highest BCUT2D eigenvalue weighted by Gasteiger charge is 2.13. The fourth-order valence-corrected chi connectivity index (χ4v) is 2.45. The Balaban J connectivity index is 2.23. The Bertz CT molecular complexity index is 595. The minimum Gasteiger partial charge on any atom is -0.366 e. The van der Waals surface area contributed by atoms with Crippen molar-refractivity contribution in [1.82, 2.24) is 14.6 Å². The Hall–Kier alpha value is -1.84. The van der Waals surface area contributed by atoms with Gasteiger partial charge in [0.05, 0.1) is 0 Å². The highest BCUT2D eigenvalue weighted by Crippen LogP contribution is 2.29. The first kappa shape index (κ1) is 10.3. The van der Waals surface area contributed by atoms with Gasteiger partial charge >= 0.3 is 0 Å². The lowest BCUT2D eigenvalue weighted by Crippen LogP contribution is -1.98. The summed E-state index contributed by atoms with van der Waals surface area (Å²) in [5.41, 5.74) is 10.3. The van der Waals surface area contributed by atoms with E-state index in [-0.39, 0.29) is 0 Å². The molecule has 0 spiro atoms. The average Bonchev–Trinajstić information content (AvgIpc) is 2.69. The SMILES string of the molecule is Cc1cc(C2=CCCCC2)c2nc(N)nn2c1. The van der Waals surface area contributed by atoms with Crippen molar-refractivity contribution in [1.29, 1.82) is 0 Å². The molecule has 2 heterocycles. The summed E-state index contributed by atoms with van der Waals surface area (Å²) in [4.78, 5) is 4.32. The van der Waals surface area contributed by atoms with E-state index in [1.54, 1.807) is 4.52 Å². The van der Waals surface area contributed by atoms with Crippen molar-refractivity contribution in [2.45, 2.75) is 32.6 Å².